The molecule has 19 heavy (non-hydrogen) atoms. The second-order valence-corrected chi connectivity index (χ2v) is 4.30. The Morgan fingerprint density at radius 1 is 1.16 bits per heavy atom. The fourth-order valence-corrected chi connectivity index (χ4v) is 1.83. The van der Waals surface area contributed by atoms with Crippen molar-refractivity contribution in [3.05, 3.63) is 65.5 Å². The summed E-state index contributed by atoms with van der Waals surface area (Å²) in [6, 6.07) is 13.1. The number of benzene rings is 2. The van der Waals surface area contributed by atoms with Crippen molar-refractivity contribution in [2.75, 3.05) is 11.9 Å². The summed E-state index contributed by atoms with van der Waals surface area (Å²) in [6.45, 7) is 0.430. The van der Waals surface area contributed by atoms with Crippen molar-refractivity contribution in [2.24, 2.45) is 0 Å². The number of anilines is 1. The Morgan fingerprint density at radius 3 is 2.37 bits per heavy atom. The normalized spacial score (nSPS) is 10.2. The van der Waals surface area contributed by atoms with Crippen molar-refractivity contribution in [1.82, 2.24) is 0 Å². The molecule has 0 saturated heterocycles. The van der Waals surface area contributed by atoms with E-state index in [2.05, 4.69) is 0 Å². The van der Waals surface area contributed by atoms with Crippen LogP contribution in [0.2, 0.25) is 0 Å². The van der Waals surface area contributed by atoms with E-state index in [0.717, 1.165) is 5.69 Å². The molecule has 98 valence electrons. The van der Waals surface area contributed by atoms with Crippen LogP contribution in [0, 0.1) is 5.82 Å². The van der Waals surface area contributed by atoms with Gasteiger partial charge in [-0.1, -0.05) is 18.2 Å². The van der Waals surface area contributed by atoms with E-state index in [-0.39, 0.29) is 11.4 Å². The predicted octanol–water partition coefficient (Wildman–Crippen LogP) is 3.16. The minimum atomic E-state index is -0.955. The molecule has 0 radical (unpaired) electrons. The third-order valence-electron chi connectivity index (χ3n) is 2.92. The van der Waals surface area contributed by atoms with Crippen LogP contribution in [0.25, 0.3) is 0 Å². The number of carboxylic acid groups (broad SMARTS) is 1. The molecule has 2 aromatic carbocycles. The average Bonchev–Trinajstić information content (AvgIpc) is 2.41. The summed E-state index contributed by atoms with van der Waals surface area (Å²) in [6.07, 6.45) is 0. The Bertz CT molecular complexity index is 581. The van der Waals surface area contributed by atoms with Crippen molar-refractivity contribution in [1.29, 1.82) is 0 Å². The zero-order valence-electron chi connectivity index (χ0n) is 10.5. The SMILES string of the molecule is CN(Cc1ccccc1F)c1ccc(C(=O)O)cc1. The van der Waals surface area contributed by atoms with Gasteiger partial charge in [-0.2, -0.15) is 0 Å². The molecule has 0 unspecified atom stereocenters. The van der Waals surface area contributed by atoms with Gasteiger partial charge in [-0.25, -0.2) is 9.18 Å². The lowest BCUT2D eigenvalue weighted by Crippen LogP contribution is -2.17. The number of carbonyl (C=O) groups is 1. The summed E-state index contributed by atoms with van der Waals surface area (Å²) in [4.78, 5) is 12.6. The molecule has 0 aromatic heterocycles. The Kier molecular flexibility index (Phi) is 3.80. The fraction of sp³-hybridized carbons (Fsp3) is 0.133. The van der Waals surface area contributed by atoms with E-state index in [1.807, 2.05) is 11.9 Å². The number of hydrogen-bond acceptors (Lipinski definition) is 2. The summed E-state index contributed by atoms with van der Waals surface area (Å²) in [5, 5.41) is 8.82. The highest BCUT2D eigenvalue weighted by Gasteiger charge is 2.07. The lowest BCUT2D eigenvalue weighted by molar-refractivity contribution is 0.0697. The van der Waals surface area contributed by atoms with E-state index in [1.165, 1.54) is 18.2 Å². The molecule has 2 rings (SSSR count). The molecule has 0 fully saturated rings. The topological polar surface area (TPSA) is 40.5 Å². The number of carboxylic acids is 1. The van der Waals surface area contributed by atoms with E-state index in [1.54, 1.807) is 30.3 Å². The molecule has 4 heteroatoms. The van der Waals surface area contributed by atoms with Gasteiger partial charge >= 0.3 is 5.97 Å². The van der Waals surface area contributed by atoms with E-state index >= 15 is 0 Å². The average molecular weight is 259 g/mol. The minimum Gasteiger partial charge on any atom is -0.478 e. The molecule has 2 aromatic rings. The first-order chi connectivity index (χ1) is 9.08. The second-order valence-electron chi connectivity index (χ2n) is 4.30. The maximum absolute atomic E-state index is 13.5. The van der Waals surface area contributed by atoms with Gasteiger partial charge in [0.15, 0.2) is 0 Å². The van der Waals surface area contributed by atoms with Crippen LogP contribution in [-0.2, 0) is 6.54 Å². The van der Waals surface area contributed by atoms with Gasteiger partial charge in [-0.3, -0.25) is 0 Å². The summed E-state index contributed by atoms with van der Waals surface area (Å²) in [7, 11) is 1.84. The van der Waals surface area contributed by atoms with Crippen molar-refractivity contribution < 1.29 is 14.3 Å². The van der Waals surface area contributed by atoms with Gasteiger partial charge in [0.05, 0.1) is 5.56 Å². The molecule has 1 N–H and O–H groups in total. The molecular formula is C15H14FNO2. The first-order valence-corrected chi connectivity index (χ1v) is 5.86. The molecule has 3 nitrogen and oxygen atoms in total. The Morgan fingerprint density at radius 2 is 1.79 bits per heavy atom. The molecule has 0 spiro atoms. The van der Waals surface area contributed by atoms with E-state index < -0.39 is 5.97 Å². The summed E-state index contributed by atoms with van der Waals surface area (Å²) < 4.78 is 13.5. The maximum Gasteiger partial charge on any atom is 0.335 e. The van der Waals surface area contributed by atoms with Gasteiger partial charge in [0.25, 0.3) is 0 Å². The van der Waals surface area contributed by atoms with Gasteiger partial charge in [-0.15, -0.1) is 0 Å². The highest BCUT2D eigenvalue weighted by molar-refractivity contribution is 5.88. The van der Waals surface area contributed by atoms with Gasteiger partial charge in [0.1, 0.15) is 5.82 Å². The smallest absolute Gasteiger partial charge is 0.335 e. The van der Waals surface area contributed by atoms with Crippen LogP contribution in [0.1, 0.15) is 15.9 Å². The first-order valence-electron chi connectivity index (χ1n) is 5.86. The lowest BCUT2D eigenvalue weighted by atomic mass is 10.1. The van der Waals surface area contributed by atoms with Crippen molar-refractivity contribution in [3.8, 4) is 0 Å². The van der Waals surface area contributed by atoms with Crippen LogP contribution in [0.5, 0.6) is 0 Å². The lowest BCUT2D eigenvalue weighted by Gasteiger charge is -2.19. The number of nitrogens with zero attached hydrogens (tertiary/aromatic N) is 1. The molecule has 0 atom stereocenters. The Labute approximate surface area is 110 Å². The van der Waals surface area contributed by atoms with Crippen LogP contribution >= 0.6 is 0 Å². The molecule has 0 aliphatic carbocycles. The first kappa shape index (κ1) is 13.1. The molecule has 0 bridgehead atoms. The molecule has 0 amide bonds. The van der Waals surface area contributed by atoms with Gasteiger partial charge < -0.3 is 10.0 Å². The van der Waals surface area contributed by atoms with E-state index in [0.29, 0.717) is 12.1 Å². The third kappa shape index (κ3) is 3.10. The van der Waals surface area contributed by atoms with Crippen LogP contribution in [0.15, 0.2) is 48.5 Å². The quantitative estimate of drug-likeness (QED) is 0.916. The molecule has 0 aliphatic rings. The van der Waals surface area contributed by atoms with E-state index in [9.17, 15) is 9.18 Å². The summed E-state index contributed by atoms with van der Waals surface area (Å²) in [5.41, 5.74) is 1.68. The zero-order valence-corrected chi connectivity index (χ0v) is 10.5. The second kappa shape index (κ2) is 5.52. The van der Waals surface area contributed by atoms with Gasteiger partial charge in [-0.05, 0) is 30.3 Å². The fourth-order valence-electron chi connectivity index (χ4n) is 1.83. The van der Waals surface area contributed by atoms with Crippen LogP contribution in [-0.4, -0.2) is 18.1 Å². The minimum absolute atomic E-state index is 0.239. The van der Waals surface area contributed by atoms with E-state index in [4.69, 9.17) is 5.11 Å². The van der Waals surface area contributed by atoms with Crippen molar-refractivity contribution in [2.45, 2.75) is 6.54 Å². The summed E-state index contributed by atoms with van der Waals surface area (Å²) in [5.74, 6) is -1.19. The predicted molar refractivity (Wildman–Crippen MR) is 71.9 cm³/mol. The zero-order chi connectivity index (χ0) is 13.8. The molecule has 0 heterocycles. The van der Waals surface area contributed by atoms with Crippen molar-refractivity contribution >= 4 is 11.7 Å². The van der Waals surface area contributed by atoms with Gasteiger partial charge in [0, 0.05) is 24.8 Å². The third-order valence-corrected chi connectivity index (χ3v) is 2.92. The highest BCUT2D eigenvalue weighted by Crippen LogP contribution is 2.17. The monoisotopic (exact) mass is 259 g/mol. The Balaban J connectivity index is 2.14. The Hall–Kier alpha value is -2.36. The molecule has 0 saturated carbocycles. The summed E-state index contributed by atoms with van der Waals surface area (Å²) >= 11 is 0. The number of rotatable bonds is 4. The molecule has 0 aliphatic heterocycles. The van der Waals surface area contributed by atoms with Crippen LogP contribution < -0.4 is 4.90 Å². The van der Waals surface area contributed by atoms with Gasteiger partial charge in [0.2, 0.25) is 0 Å². The number of aromatic carboxylic acids is 1. The number of halogens is 1. The van der Waals surface area contributed by atoms with Crippen molar-refractivity contribution in [3.63, 3.8) is 0 Å². The largest absolute Gasteiger partial charge is 0.478 e. The van der Waals surface area contributed by atoms with Crippen LogP contribution in [0.3, 0.4) is 0 Å². The highest BCUT2D eigenvalue weighted by atomic mass is 19.1. The standard InChI is InChI=1S/C15H14FNO2/c1-17(10-12-4-2-3-5-14(12)16)13-8-6-11(7-9-13)15(18)19/h2-9H,10H2,1H3,(H,18,19). The number of hydrogen-bond donors (Lipinski definition) is 1. The van der Waals surface area contributed by atoms with Crippen LogP contribution in [0.4, 0.5) is 10.1 Å². The molecular weight excluding hydrogens is 245 g/mol. The maximum atomic E-state index is 13.5.